The Labute approximate surface area is 455 Å². The molecule has 0 bridgehead atoms. The third-order valence-electron chi connectivity index (χ3n) is 15.3. The monoisotopic (exact) mass is 1150 g/mol. The van der Waals surface area contributed by atoms with Crippen molar-refractivity contribution >= 4 is 5.97 Å². The zero-order chi connectivity index (χ0) is 58.2. The van der Waals surface area contributed by atoms with Crippen molar-refractivity contribution in [2.45, 2.75) is 282 Å². The first kappa shape index (κ1) is 66.5. The summed E-state index contributed by atoms with van der Waals surface area (Å²) in [6.07, 6.45) is -44.7. The average Bonchev–Trinajstić information content (AvgIpc) is 3.50. The van der Waals surface area contributed by atoms with Crippen molar-refractivity contribution in [1.29, 1.82) is 0 Å². The fraction of sp³-hybridized carbons (Fsp3) is 0.980. The summed E-state index contributed by atoms with van der Waals surface area (Å²) in [5, 5.41) is 182. The van der Waals surface area contributed by atoms with Gasteiger partial charge in [-0.3, -0.25) is 4.79 Å². The van der Waals surface area contributed by atoms with Gasteiger partial charge in [0.2, 0.25) is 0 Å². The first-order valence-corrected chi connectivity index (χ1v) is 27.2. The van der Waals surface area contributed by atoms with E-state index in [9.17, 15) is 86.5 Å². The third-order valence-corrected chi connectivity index (χ3v) is 15.3. The number of carboxylic acids is 1. The van der Waals surface area contributed by atoms with Crippen LogP contribution < -0.4 is 0 Å². The van der Waals surface area contributed by atoms with Gasteiger partial charge in [0, 0.05) is 0 Å². The Morgan fingerprint density at radius 1 is 0.481 bits per heavy atom. The molecular formula is C49H86O30. The topological polar surface area (TPSA) is 472 Å². The lowest BCUT2D eigenvalue weighted by Gasteiger charge is -2.49. The first-order chi connectivity index (χ1) is 37.4. The lowest BCUT2D eigenvalue weighted by molar-refractivity contribution is -0.394. The van der Waals surface area contributed by atoms with Gasteiger partial charge in [-0.2, -0.15) is 0 Å². The third kappa shape index (κ3) is 16.6. The summed E-state index contributed by atoms with van der Waals surface area (Å²) >= 11 is 0. The molecule has 0 aromatic rings. The number of unbranched alkanes of at least 4 members (excludes halogenated alkanes) is 4. The molecular weight excluding hydrogens is 1070 g/mol. The summed E-state index contributed by atoms with van der Waals surface area (Å²) < 4.78 is 70.6. The van der Waals surface area contributed by atoms with Crippen LogP contribution in [0.2, 0.25) is 0 Å². The fourth-order valence-electron chi connectivity index (χ4n) is 10.4. The van der Waals surface area contributed by atoms with E-state index < -0.39 is 216 Å². The Kier molecular flexibility index (Phi) is 25.6. The number of aliphatic hydroxyl groups excluding tert-OH is 16. The molecule has 30 nitrogen and oxygen atoms in total. The van der Waals surface area contributed by atoms with E-state index in [4.69, 9.17) is 61.9 Å². The van der Waals surface area contributed by atoms with E-state index in [0.29, 0.717) is 44.9 Å². The lowest BCUT2D eigenvalue weighted by Crippen LogP contribution is -2.67. The molecule has 0 radical (unpaired) electrons. The van der Waals surface area contributed by atoms with Crippen molar-refractivity contribution in [2.24, 2.45) is 0 Å². The summed E-state index contributed by atoms with van der Waals surface area (Å²) in [6, 6.07) is 0. The van der Waals surface area contributed by atoms with E-state index in [0.717, 1.165) is 12.8 Å². The van der Waals surface area contributed by atoms with Crippen LogP contribution in [0.3, 0.4) is 0 Å². The van der Waals surface area contributed by atoms with Crippen LogP contribution in [0.1, 0.15) is 91.9 Å². The maximum absolute atomic E-state index is 11.9. The number of aliphatic hydroxyl groups is 16. The van der Waals surface area contributed by atoms with E-state index in [-0.39, 0.29) is 6.42 Å². The molecule has 17 N–H and O–H groups in total. The maximum atomic E-state index is 11.9. The molecule has 0 aromatic carbocycles. The van der Waals surface area contributed by atoms with E-state index >= 15 is 0 Å². The SMILES string of the molecule is CCCC(CCCCCCCC(O)CC(=O)O)OC1OC(COC2OC(C)C(OC3OC(C)C(O)C(OC4OC(C)C(O)C(O)C4O)C3O)C(O)C2O)C(O)C(O)C1OC1OC(CO)C(O)C(O)C1OC1OCC(O)C(O)C1O. The molecule has 0 amide bonds. The van der Waals surface area contributed by atoms with E-state index in [2.05, 4.69) is 0 Å². The molecule has 30 heteroatoms. The largest absolute Gasteiger partial charge is 0.481 e. The van der Waals surface area contributed by atoms with Crippen LogP contribution in [0.15, 0.2) is 0 Å². The number of carboxylic acid groups (broad SMARTS) is 1. The van der Waals surface area contributed by atoms with Crippen molar-refractivity contribution in [3.8, 4) is 0 Å². The van der Waals surface area contributed by atoms with Gasteiger partial charge in [-0.1, -0.05) is 45.4 Å². The summed E-state index contributed by atoms with van der Waals surface area (Å²) in [7, 11) is 0. The van der Waals surface area contributed by atoms with Crippen LogP contribution in [-0.2, 0) is 61.6 Å². The molecule has 6 heterocycles. The smallest absolute Gasteiger partial charge is 0.305 e. The van der Waals surface area contributed by atoms with Gasteiger partial charge >= 0.3 is 5.97 Å². The summed E-state index contributed by atoms with van der Waals surface area (Å²) in [4.78, 5) is 10.9. The minimum atomic E-state index is -1.97. The summed E-state index contributed by atoms with van der Waals surface area (Å²) in [5.74, 6) is -1.09. The van der Waals surface area contributed by atoms with Gasteiger partial charge in [0.25, 0.3) is 0 Å². The van der Waals surface area contributed by atoms with E-state index in [1.54, 1.807) is 0 Å². The minimum Gasteiger partial charge on any atom is -0.481 e. The predicted molar refractivity (Wildman–Crippen MR) is 257 cm³/mol. The van der Waals surface area contributed by atoms with Gasteiger partial charge in [-0.15, -0.1) is 0 Å². The minimum absolute atomic E-state index is 0.328. The highest BCUT2D eigenvalue weighted by molar-refractivity contribution is 5.67. The second-order valence-corrected chi connectivity index (χ2v) is 21.4. The van der Waals surface area contributed by atoms with Gasteiger partial charge in [0.1, 0.15) is 122 Å². The highest BCUT2D eigenvalue weighted by Gasteiger charge is 2.56. The van der Waals surface area contributed by atoms with Crippen molar-refractivity contribution < 1.29 is 148 Å². The van der Waals surface area contributed by atoms with Crippen LogP contribution in [-0.4, -0.2) is 303 Å². The highest BCUT2D eigenvalue weighted by atomic mass is 16.8. The Balaban J connectivity index is 1.14. The quantitative estimate of drug-likeness (QED) is 0.0358. The molecule has 6 fully saturated rings. The molecule has 0 aliphatic carbocycles. The summed E-state index contributed by atoms with van der Waals surface area (Å²) in [5.41, 5.74) is 0. The predicted octanol–water partition coefficient (Wildman–Crippen LogP) is -6.62. The number of hydrogen-bond acceptors (Lipinski definition) is 29. The van der Waals surface area contributed by atoms with Crippen molar-refractivity contribution in [2.75, 3.05) is 19.8 Å². The average molecular weight is 1160 g/mol. The summed E-state index contributed by atoms with van der Waals surface area (Å²) in [6.45, 7) is 4.09. The van der Waals surface area contributed by atoms with Crippen LogP contribution in [0.25, 0.3) is 0 Å². The standard InChI is InChI=1S/C49H86O30/c1-5-11-22(13-10-8-6-7-9-12-21(51)14-26(53)54)73-48-42(79-49-43(33(61)30(58)24(15-50)74-49)78-45-36(64)29(57)23(52)16-68-45)34(62)31(59)25(75-48)17-69-44-38(66)35(63)40(20(4)72-44)76-47-39(67)41(28(56)19(3)71-47)77-46-37(65)32(60)27(55)18(2)70-46/h18-25,27-52,55-67H,5-17H2,1-4H3,(H,53,54). The van der Waals surface area contributed by atoms with Gasteiger partial charge in [0.15, 0.2) is 37.7 Å². The van der Waals surface area contributed by atoms with Gasteiger partial charge < -0.3 is 144 Å². The van der Waals surface area contributed by atoms with Crippen LogP contribution in [0.4, 0.5) is 0 Å². The van der Waals surface area contributed by atoms with E-state index in [1.807, 2.05) is 6.92 Å². The normalized spacial score (nSPS) is 46.9. The molecule has 79 heavy (non-hydrogen) atoms. The molecule has 462 valence electrons. The molecule has 0 saturated carbocycles. The van der Waals surface area contributed by atoms with Crippen molar-refractivity contribution in [3.63, 3.8) is 0 Å². The molecule has 31 atom stereocenters. The molecule has 6 aliphatic rings. The number of hydrogen-bond donors (Lipinski definition) is 17. The van der Waals surface area contributed by atoms with Crippen molar-refractivity contribution in [3.05, 3.63) is 0 Å². The molecule has 31 unspecified atom stereocenters. The molecule has 0 spiro atoms. The number of carbonyl (C=O) groups is 1. The second kappa shape index (κ2) is 30.4. The second-order valence-electron chi connectivity index (χ2n) is 21.4. The zero-order valence-corrected chi connectivity index (χ0v) is 44.5. The highest BCUT2D eigenvalue weighted by Crippen LogP contribution is 2.36. The number of ether oxygens (including phenoxy) is 12. The van der Waals surface area contributed by atoms with Crippen LogP contribution in [0.5, 0.6) is 0 Å². The Morgan fingerprint density at radius 3 is 1.63 bits per heavy atom. The molecule has 6 saturated heterocycles. The maximum Gasteiger partial charge on any atom is 0.305 e. The van der Waals surface area contributed by atoms with E-state index in [1.165, 1.54) is 20.8 Å². The van der Waals surface area contributed by atoms with Crippen LogP contribution >= 0.6 is 0 Å². The molecule has 6 rings (SSSR count). The molecule has 6 aliphatic heterocycles. The van der Waals surface area contributed by atoms with Gasteiger partial charge in [0.05, 0.1) is 56.8 Å². The number of rotatable bonds is 26. The van der Waals surface area contributed by atoms with Gasteiger partial charge in [-0.05, 0) is 40.0 Å². The van der Waals surface area contributed by atoms with Gasteiger partial charge in [-0.25, -0.2) is 0 Å². The Bertz CT molecular complexity index is 1800. The number of aliphatic carboxylic acids is 1. The lowest BCUT2D eigenvalue weighted by atomic mass is 9.96. The van der Waals surface area contributed by atoms with Crippen molar-refractivity contribution in [1.82, 2.24) is 0 Å². The fourth-order valence-corrected chi connectivity index (χ4v) is 10.4. The zero-order valence-electron chi connectivity index (χ0n) is 44.5. The Hall–Kier alpha value is -1.65. The molecule has 0 aromatic heterocycles. The van der Waals surface area contributed by atoms with Crippen LogP contribution in [0, 0.1) is 0 Å². The first-order valence-electron chi connectivity index (χ1n) is 27.2. The Morgan fingerprint density at radius 2 is 0.987 bits per heavy atom.